The summed E-state index contributed by atoms with van der Waals surface area (Å²) in [7, 11) is 2.16. The number of nitrogens with zero attached hydrogens (tertiary/aromatic N) is 1. The molecule has 0 aromatic heterocycles. The average molecular weight is 395 g/mol. The highest BCUT2D eigenvalue weighted by atomic mass is 16.5. The maximum atomic E-state index is 12.8. The molecule has 1 N–H and O–H groups in total. The van der Waals surface area contributed by atoms with E-state index in [9.17, 15) is 4.79 Å². The normalized spacial score (nSPS) is 24.2. The van der Waals surface area contributed by atoms with Crippen LogP contribution in [0.3, 0.4) is 0 Å². The predicted octanol–water partition coefficient (Wildman–Crippen LogP) is 4.31. The van der Waals surface area contributed by atoms with Gasteiger partial charge in [0, 0.05) is 18.0 Å². The van der Waals surface area contributed by atoms with Crippen molar-refractivity contribution in [2.45, 2.75) is 43.7 Å². The Hall–Kier alpha value is -2.53. The number of ether oxygens (including phenoxy) is 2. The van der Waals surface area contributed by atoms with Crippen molar-refractivity contribution in [3.8, 4) is 5.75 Å². The standard InChI is InChI=1S/C24H30N2O3/c1-26-16-8-7-11-20(26)14-17-29-23(27)25-24(19-9-3-2-4-10-19)15-18-28-22-13-6-5-12-21(22)24/h2-6,9-10,12-13,20H,7-8,11,14-18H2,1H3,(H,25,27). The molecule has 0 spiro atoms. The molecule has 29 heavy (non-hydrogen) atoms. The largest absolute Gasteiger partial charge is 0.493 e. The summed E-state index contributed by atoms with van der Waals surface area (Å²) >= 11 is 0. The lowest BCUT2D eigenvalue weighted by atomic mass is 9.78. The van der Waals surface area contributed by atoms with Crippen molar-refractivity contribution in [1.29, 1.82) is 0 Å². The zero-order valence-electron chi connectivity index (χ0n) is 17.1. The molecule has 2 unspecified atom stereocenters. The number of likely N-dealkylation sites (tertiary alicyclic amines) is 1. The minimum Gasteiger partial charge on any atom is -0.493 e. The molecule has 0 radical (unpaired) electrons. The number of amides is 1. The average Bonchev–Trinajstić information content (AvgIpc) is 2.76. The fraction of sp³-hybridized carbons (Fsp3) is 0.458. The molecule has 2 aliphatic heterocycles. The van der Waals surface area contributed by atoms with Gasteiger partial charge in [0.25, 0.3) is 0 Å². The minimum absolute atomic E-state index is 0.371. The molecule has 2 aliphatic rings. The molecule has 1 fully saturated rings. The summed E-state index contributed by atoms with van der Waals surface area (Å²) in [5.74, 6) is 0.812. The van der Waals surface area contributed by atoms with E-state index in [1.54, 1.807) is 0 Å². The van der Waals surface area contributed by atoms with E-state index in [4.69, 9.17) is 9.47 Å². The number of piperidine rings is 1. The molecule has 4 rings (SSSR count). The lowest BCUT2D eigenvalue weighted by Gasteiger charge is -2.39. The Kier molecular flexibility index (Phi) is 6.05. The van der Waals surface area contributed by atoms with Crippen LogP contribution in [0, 0.1) is 0 Å². The summed E-state index contributed by atoms with van der Waals surface area (Å²) < 4.78 is 11.5. The van der Waals surface area contributed by atoms with E-state index in [2.05, 4.69) is 29.4 Å². The van der Waals surface area contributed by atoms with Crippen LogP contribution in [0.25, 0.3) is 0 Å². The first-order chi connectivity index (χ1) is 14.2. The Morgan fingerprint density at radius 2 is 1.97 bits per heavy atom. The fourth-order valence-electron chi connectivity index (χ4n) is 4.63. The van der Waals surface area contributed by atoms with Crippen LogP contribution in [-0.2, 0) is 10.3 Å². The van der Waals surface area contributed by atoms with Gasteiger partial charge in [-0.05, 0) is 44.5 Å². The van der Waals surface area contributed by atoms with E-state index in [-0.39, 0.29) is 6.09 Å². The molecule has 0 aliphatic carbocycles. The van der Waals surface area contributed by atoms with E-state index in [0.717, 1.165) is 29.8 Å². The Morgan fingerprint density at radius 3 is 2.79 bits per heavy atom. The van der Waals surface area contributed by atoms with Crippen molar-refractivity contribution in [3.05, 3.63) is 65.7 Å². The van der Waals surface area contributed by atoms with Crippen LogP contribution in [-0.4, -0.2) is 43.8 Å². The second-order valence-electron chi connectivity index (χ2n) is 8.05. The Bertz CT molecular complexity index is 826. The van der Waals surface area contributed by atoms with Crippen molar-refractivity contribution in [3.63, 3.8) is 0 Å². The molecule has 0 bridgehead atoms. The zero-order chi connectivity index (χ0) is 20.1. The third kappa shape index (κ3) is 4.25. The van der Waals surface area contributed by atoms with Gasteiger partial charge in [0.2, 0.25) is 0 Å². The van der Waals surface area contributed by atoms with Gasteiger partial charge in [0.1, 0.15) is 11.3 Å². The summed E-state index contributed by atoms with van der Waals surface area (Å²) in [6, 6.07) is 18.5. The van der Waals surface area contributed by atoms with Gasteiger partial charge >= 0.3 is 6.09 Å². The van der Waals surface area contributed by atoms with Crippen LogP contribution in [0.15, 0.2) is 54.6 Å². The summed E-state index contributed by atoms with van der Waals surface area (Å²) in [6.07, 6.45) is 4.87. The molecule has 1 saturated heterocycles. The first kappa shape index (κ1) is 19.8. The smallest absolute Gasteiger partial charge is 0.408 e. The molecular weight excluding hydrogens is 364 g/mol. The van der Waals surface area contributed by atoms with Crippen LogP contribution in [0.5, 0.6) is 5.75 Å². The van der Waals surface area contributed by atoms with Gasteiger partial charge in [0.15, 0.2) is 0 Å². The zero-order valence-corrected chi connectivity index (χ0v) is 17.1. The molecule has 2 aromatic rings. The maximum Gasteiger partial charge on any atom is 0.408 e. The number of para-hydroxylation sites is 1. The van der Waals surface area contributed by atoms with Crippen molar-refractivity contribution >= 4 is 6.09 Å². The summed E-state index contributed by atoms with van der Waals surface area (Å²) in [5, 5.41) is 3.20. The molecule has 2 atom stereocenters. The van der Waals surface area contributed by atoms with Crippen LogP contribution in [0.2, 0.25) is 0 Å². The van der Waals surface area contributed by atoms with Crippen molar-refractivity contribution in [1.82, 2.24) is 10.2 Å². The Labute approximate surface area is 173 Å². The van der Waals surface area contributed by atoms with Crippen LogP contribution < -0.4 is 10.1 Å². The third-order valence-corrected chi connectivity index (χ3v) is 6.27. The second kappa shape index (κ2) is 8.87. The van der Waals surface area contributed by atoms with Gasteiger partial charge < -0.3 is 19.7 Å². The van der Waals surface area contributed by atoms with Gasteiger partial charge in [-0.2, -0.15) is 0 Å². The second-order valence-corrected chi connectivity index (χ2v) is 8.05. The highest BCUT2D eigenvalue weighted by molar-refractivity contribution is 5.70. The number of fused-ring (bicyclic) bond motifs is 1. The lowest BCUT2D eigenvalue weighted by Crippen LogP contribution is -2.50. The first-order valence-electron chi connectivity index (χ1n) is 10.6. The SMILES string of the molecule is CN1CCCCC1CCOC(=O)NC1(c2ccccc2)CCOc2ccccc21. The Morgan fingerprint density at radius 1 is 1.17 bits per heavy atom. The van der Waals surface area contributed by atoms with E-state index in [1.807, 2.05) is 42.5 Å². The summed E-state index contributed by atoms with van der Waals surface area (Å²) in [5.41, 5.74) is 1.37. The monoisotopic (exact) mass is 394 g/mol. The van der Waals surface area contributed by atoms with Crippen molar-refractivity contribution in [2.24, 2.45) is 0 Å². The molecule has 1 amide bonds. The number of carbonyl (C=O) groups is 1. The lowest BCUT2D eigenvalue weighted by molar-refractivity contribution is 0.104. The third-order valence-electron chi connectivity index (χ3n) is 6.27. The van der Waals surface area contributed by atoms with Crippen LogP contribution in [0.4, 0.5) is 4.79 Å². The number of carbonyl (C=O) groups excluding carboxylic acids is 1. The Balaban J connectivity index is 1.49. The highest BCUT2D eigenvalue weighted by Gasteiger charge is 2.41. The summed E-state index contributed by atoms with van der Waals surface area (Å²) in [4.78, 5) is 15.2. The van der Waals surface area contributed by atoms with Gasteiger partial charge in [-0.1, -0.05) is 55.0 Å². The van der Waals surface area contributed by atoms with Crippen LogP contribution >= 0.6 is 0 Å². The van der Waals surface area contributed by atoms with Gasteiger partial charge in [-0.15, -0.1) is 0 Å². The first-order valence-corrected chi connectivity index (χ1v) is 10.6. The summed E-state index contributed by atoms with van der Waals surface area (Å²) in [6.45, 7) is 2.10. The quantitative estimate of drug-likeness (QED) is 0.821. The number of rotatable bonds is 5. The molecule has 0 saturated carbocycles. The minimum atomic E-state index is -0.644. The number of hydrogen-bond donors (Lipinski definition) is 1. The molecule has 2 aromatic carbocycles. The molecular formula is C24H30N2O3. The van der Waals surface area contributed by atoms with Gasteiger partial charge in [-0.25, -0.2) is 4.79 Å². The molecule has 2 heterocycles. The van der Waals surface area contributed by atoms with Crippen molar-refractivity contribution in [2.75, 3.05) is 26.8 Å². The highest BCUT2D eigenvalue weighted by Crippen LogP contribution is 2.41. The van der Waals surface area contributed by atoms with E-state index in [1.165, 1.54) is 19.3 Å². The number of nitrogens with one attached hydrogen (secondary N) is 1. The van der Waals surface area contributed by atoms with Crippen molar-refractivity contribution < 1.29 is 14.3 Å². The fourth-order valence-corrected chi connectivity index (χ4v) is 4.63. The van der Waals surface area contributed by atoms with Crippen LogP contribution in [0.1, 0.15) is 43.2 Å². The van der Waals surface area contributed by atoms with Gasteiger partial charge in [0.05, 0.1) is 13.2 Å². The van der Waals surface area contributed by atoms with E-state index < -0.39 is 5.54 Å². The number of alkyl carbamates (subject to hydrolysis) is 1. The van der Waals surface area contributed by atoms with Gasteiger partial charge in [-0.3, -0.25) is 0 Å². The van der Waals surface area contributed by atoms with E-state index >= 15 is 0 Å². The predicted molar refractivity (Wildman–Crippen MR) is 113 cm³/mol. The molecule has 5 heteroatoms. The van der Waals surface area contributed by atoms with E-state index in [0.29, 0.717) is 25.7 Å². The maximum absolute atomic E-state index is 12.8. The molecule has 5 nitrogen and oxygen atoms in total. The topological polar surface area (TPSA) is 50.8 Å². The number of hydrogen-bond acceptors (Lipinski definition) is 4. The number of benzene rings is 2. The molecule has 154 valence electrons.